The van der Waals surface area contributed by atoms with E-state index >= 15 is 0 Å². The first kappa shape index (κ1) is 15.2. The van der Waals surface area contributed by atoms with Crippen LogP contribution in [-0.4, -0.2) is 40.6 Å². The molecule has 0 aromatic carbocycles. The van der Waals surface area contributed by atoms with Crippen molar-refractivity contribution in [1.82, 2.24) is 9.88 Å². The highest BCUT2D eigenvalue weighted by molar-refractivity contribution is 7.13. The average molecular weight is 297 g/mol. The minimum Gasteiger partial charge on any atom is -0.481 e. The summed E-state index contributed by atoms with van der Waals surface area (Å²) in [5, 5.41) is 11.2. The van der Waals surface area contributed by atoms with E-state index in [9.17, 15) is 22.8 Å². The molecular weight excluding hydrogens is 287 g/mol. The van der Waals surface area contributed by atoms with Crippen LogP contribution in [0.4, 0.5) is 23.1 Å². The van der Waals surface area contributed by atoms with E-state index in [0.29, 0.717) is 11.3 Å². The predicted octanol–water partition coefficient (Wildman–Crippen LogP) is 2.10. The Labute approximate surface area is 109 Å². The van der Waals surface area contributed by atoms with Gasteiger partial charge in [0.05, 0.1) is 6.42 Å². The Morgan fingerprint density at radius 3 is 2.63 bits per heavy atom. The van der Waals surface area contributed by atoms with Crippen LogP contribution in [0.15, 0.2) is 5.38 Å². The molecule has 1 aromatic rings. The zero-order chi connectivity index (χ0) is 14.6. The molecule has 0 aliphatic carbocycles. The summed E-state index contributed by atoms with van der Waals surface area (Å²) in [6, 6.07) is -0.718. The van der Waals surface area contributed by atoms with Crippen molar-refractivity contribution in [2.45, 2.75) is 12.6 Å². The van der Waals surface area contributed by atoms with Gasteiger partial charge in [-0.05, 0) is 0 Å². The Morgan fingerprint density at radius 2 is 2.16 bits per heavy atom. The maximum atomic E-state index is 12.3. The van der Waals surface area contributed by atoms with E-state index in [0.717, 1.165) is 10.3 Å². The number of thiazole rings is 1. The van der Waals surface area contributed by atoms with Crippen LogP contribution in [0.5, 0.6) is 0 Å². The van der Waals surface area contributed by atoms with Gasteiger partial charge in [-0.15, -0.1) is 11.3 Å². The van der Waals surface area contributed by atoms with Crippen molar-refractivity contribution in [2.24, 2.45) is 0 Å². The van der Waals surface area contributed by atoms with Gasteiger partial charge in [-0.2, -0.15) is 13.2 Å². The van der Waals surface area contributed by atoms with Crippen molar-refractivity contribution in [2.75, 3.05) is 18.9 Å². The van der Waals surface area contributed by atoms with Crippen LogP contribution in [0.2, 0.25) is 0 Å². The number of alkyl halides is 3. The monoisotopic (exact) mass is 297 g/mol. The molecule has 0 radical (unpaired) electrons. The molecule has 0 atom stereocenters. The Kier molecular flexibility index (Phi) is 4.70. The van der Waals surface area contributed by atoms with Crippen LogP contribution in [0.25, 0.3) is 0 Å². The van der Waals surface area contributed by atoms with Crippen molar-refractivity contribution in [3.8, 4) is 0 Å². The van der Waals surface area contributed by atoms with Crippen LogP contribution < -0.4 is 5.32 Å². The van der Waals surface area contributed by atoms with Crippen molar-refractivity contribution in [3.63, 3.8) is 0 Å². The molecule has 0 fully saturated rings. The van der Waals surface area contributed by atoms with Gasteiger partial charge >= 0.3 is 18.2 Å². The molecule has 1 aromatic heterocycles. The smallest absolute Gasteiger partial charge is 0.434 e. The number of urea groups is 1. The van der Waals surface area contributed by atoms with Gasteiger partial charge in [0.25, 0.3) is 0 Å². The van der Waals surface area contributed by atoms with Gasteiger partial charge in [-0.1, -0.05) is 0 Å². The van der Waals surface area contributed by atoms with Crippen molar-refractivity contribution in [1.29, 1.82) is 0 Å². The molecule has 0 spiro atoms. The SMILES string of the molecule is CN(CCC(=O)O)C(=O)Nc1nc(C(F)(F)F)cs1. The largest absolute Gasteiger partial charge is 0.481 e. The maximum absolute atomic E-state index is 12.3. The number of rotatable bonds is 4. The van der Waals surface area contributed by atoms with E-state index < -0.39 is 23.9 Å². The first-order valence-electron chi connectivity index (χ1n) is 4.97. The van der Waals surface area contributed by atoms with Gasteiger partial charge in [0.2, 0.25) is 0 Å². The molecule has 0 saturated carbocycles. The van der Waals surface area contributed by atoms with E-state index in [2.05, 4.69) is 10.3 Å². The summed E-state index contributed by atoms with van der Waals surface area (Å²) in [6.07, 6.45) is -4.82. The summed E-state index contributed by atoms with van der Waals surface area (Å²) < 4.78 is 36.8. The lowest BCUT2D eigenvalue weighted by atomic mass is 10.4. The molecule has 2 N–H and O–H groups in total. The lowest BCUT2D eigenvalue weighted by molar-refractivity contribution is -0.140. The normalized spacial score (nSPS) is 11.2. The fourth-order valence-electron chi connectivity index (χ4n) is 1.01. The Hall–Kier alpha value is -1.84. The second-order valence-corrected chi connectivity index (χ2v) is 4.39. The van der Waals surface area contributed by atoms with Crippen LogP contribution in [0.1, 0.15) is 12.1 Å². The van der Waals surface area contributed by atoms with Gasteiger partial charge in [0.15, 0.2) is 10.8 Å². The third-order valence-electron chi connectivity index (χ3n) is 2.02. The fraction of sp³-hybridized carbons (Fsp3) is 0.444. The topological polar surface area (TPSA) is 82.5 Å². The van der Waals surface area contributed by atoms with E-state index in [1.54, 1.807) is 0 Å². The minimum absolute atomic E-state index is 0.0569. The highest BCUT2D eigenvalue weighted by Crippen LogP contribution is 2.31. The molecule has 19 heavy (non-hydrogen) atoms. The minimum atomic E-state index is -4.56. The van der Waals surface area contributed by atoms with Gasteiger partial charge in [0.1, 0.15) is 0 Å². The molecule has 2 amide bonds. The lowest BCUT2D eigenvalue weighted by Crippen LogP contribution is -2.33. The third kappa shape index (κ3) is 4.73. The molecule has 1 rings (SSSR count). The zero-order valence-corrected chi connectivity index (χ0v) is 10.5. The molecule has 0 unspecified atom stereocenters. The Bertz CT molecular complexity index is 475. The number of anilines is 1. The molecule has 1 heterocycles. The summed E-state index contributed by atoms with van der Waals surface area (Å²) in [5.74, 6) is -1.08. The number of hydrogen-bond donors (Lipinski definition) is 2. The number of aromatic nitrogens is 1. The highest BCUT2D eigenvalue weighted by Gasteiger charge is 2.34. The molecule has 10 heteroatoms. The van der Waals surface area contributed by atoms with Gasteiger partial charge in [-0.25, -0.2) is 9.78 Å². The van der Waals surface area contributed by atoms with Gasteiger partial charge < -0.3 is 10.0 Å². The van der Waals surface area contributed by atoms with Gasteiger partial charge in [0, 0.05) is 19.0 Å². The average Bonchev–Trinajstić information content (AvgIpc) is 2.73. The first-order chi connectivity index (χ1) is 8.70. The Morgan fingerprint density at radius 1 is 1.53 bits per heavy atom. The fourth-order valence-corrected chi connectivity index (χ4v) is 1.72. The number of carbonyl (C=O) groups excluding carboxylic acids is 1. The molecule has 6 nitrogen and oxygen atoms in total. The second-order valence-electron chi connectivity index (χ2n) is 3.53. The second kappa shape index (κ2) is 5.87. The number of carbonyl (C=O) groups is 2. The van der Waals surface area contributed by atoms with Crippen LogP contribution >= 0.6 is 11.3 Å². The number of aliphatic carboxylic acids is 1. The van der Waals surface area contributed by atoms with Crippen molar-refractivity contribution >= 4 is 28.5 Å². The van der Waals surface area contributed by atoms with E-state index in [1.807, 2.05) is 0 Å². The summed E-state index contributed by atoms with van der Waals surface area (Å²) >= 11 is 0.640. The molecule has 0 saturated heterocycles. The highest BCUT2D eigenvalue weighted by atomic mass is 32.1. The maximum Gasteiger partial charge on any atom is 0.434 e. The zero-order valence-electron chi connectivity index (χ0n) is 9.69. The molecule has 0 aliphatic rings. The quantitative estimate of drug-likeness (QED) is 0.891. The van der Waals surface area contributed by atoms with Crippen LogP contribution in [0, 0.1) is 0 Å². The van der Waals surface area contributed by atoms with E-state index in [4.69, 9.17) is 5.11 Å². The molecule has 106 valence electrons. The number of hydrogen-bond acceptors (Lipinski definition) is 4. The molecule has 0 aliphatic heterocycles. The number of nitrogens with zero attached hydrogens (tertiary/aromatic N) is 2. The third-order valence-corrected chi connectivity index (χ3v) is 2.77. The number of carboxylic acid groups (broad SMARTS) is 1. The Balaban J connectivity index is 2.57. The standard InChI is InChI=1S/C9H10F3N3O3S/c1-15(3-2-6(16)17)8(18)14-7-13-5(4-19-7)9(10,11)12/h4H,2-3H2,1H3,(H,16,17)(H,13,14,18). The van der Waals surface area contributed by atoms with Crippen LogP contribution in [-0.2, 0) is 11.0 Å². The van der Waals surface area contributed by atoms with Crippen LogP contribution in [0.3, 0.4) is 0 Å². The van der Waals surface area contributed by atoms with Crippen molar-refractivity contribution < 1.29 is 27.9 Å². The predicted molar refractivity (Wildman–Crippen MR) is 61.0 cm³/mol. The number of halogens is 3. The lowest BCUT2D eigenvalue weighted by Gasteiger charge is -2.15. The molecule has 0 bridgehead atoms. The van der Waals surface area contributed by atoms with E-state index in [1.165, 1.54) is 7.05 Å². The first-order valence-corrected chi connectivity index (χ1v) is 5.84. The van der Waals surface area contributed by atoms with E-state index in [-0.39, 0.29) is 18.1 Å². The summed E-state index contributed by atoms with van der Waals surface area (Å²) in [4.78, 5) is 26.1. The van der Waals surface area contributed by atoms with Crippen molar-refractivity contribution in [3.05, 3.63) is 11.1 Å². The molecular formula is C9H10F3N3O3S. The summed E-state index contributed by atoms with van der Waals surface area (Å²) in [6.45, 7) is -0.0569. The number of nitrogens with one attached hydrogen (secondary N) is 1. The number of amides is 2. The van der Waals surface area contributed by atoms with Gasteiger partial charge in [-0.3, -0.25) is 10.1 Å². The summed E-state index contributed by atoms with van der Waals surface area (Å²) in [7, 11) is 1.33. The summed E-state index contributed by atoms with van der Waals surface area (Å²) in [5.41, 5.74) is -1.08. The number of carboxylic acids is 1.